The number of carboxylic acids is 1. The number of benzene rings is 2. The molecule has 0 saturated carbocycles. The zero-order valence-corrected chi connectivity index (χ0v) is 14.7. The second-order valence-electron chi connectivity index (χ2n) is 4.97. The van der Waals surface area contributed by atoms with Crippen LogP contribution in [-0.4, -0.2) is 45.5 Å². The van der Waals surface area contributed by atoms with Crippen LogP contribution in [0.4, 0.5) is 0 Å². The monoisotopic (exact) mass is 362 g/mol. The first-order chi connectivity index (χ1) is 12.4. The van der Waals surface area contributed by atoms with Crippen molar-refractivity contribution in [2.45, 2.75) is 0 Å². The number of hydrogen-bond acceptors (Lipinski definition) is 7. The molecule has 0 bridgehead atoms. The minimum absolute atomic E-state index is 0.00874. The summed E-state index contributed by atoms with van der Waals surface area (Å²) in [7, 11) is 5.66. The second-order valence-corrected chi connectivity index (χ2v) is 4.97. The van der Waals surface area contributed by atoms with Crippen LogP contribution >= 0.6 is 0 Å². The summed E-state index contributed by atoms with van der Waals surface area (Å²) in [5.74, 6) is -0.688. The summed E-state index contributed by atoms with van der Waals surface area (Å²) in [6.45, 7) is 0. The van der Waals surface area contributed by atoms with Gasteiger partial charge in [-0.15, -0.1) is 0 Å². The van der Waals surface area contributed by atoms with E-state index in [-0.39, 0.29) is 22.6 Å². The maximum Gasteiger partial charge on any atom is 0.343 e. The van der Waals surface area contributed by atoms with E-state index in [2.05, 4.69) is 0 Å². The summed E-state index contributed by atoms with van der Waals surface area (Å²) in [5.41, 5.74) is 0.165. The van der Waals surface area contributed by atoms with E-state index in [1.807, 2.05) is 0 Å². The molecule has 8 nitrogen and oxygen atoms in total. The average Bonchev–Trinajstić information content (AvgIpc) is 2.66. The highest BCUT2D eigenvalue weighted by Gasteiger charge is 2.20. The Hall–Kier alpha value is -3.42. The summed E-state index contributed by atoms with van der Waals surface area (Å²) in [4.78, 5) is 23.5. The largest absolute Gasteiger partial charge is 0.493 e. The van der Waals surface area contributed by atoms with E-state index in [1.54, 1.807) is 0 Å². The van der Waals surface area contributed by atoms with Crippen LogP contribution in [0.2, 0.25) is 0 Å². The van der Waals surface area contributed by atoms with Crippen LogP contribution in [-0.2, 0) is 0 Å². The molecule has 138 valence electrons. The Balaban J connectivity index is 2.37. The fourth-order valence-electron chi connectivity index (χ4n) is 2.24. The SMILES string of the molecule is COc1cc(C(=O)O)ccc1OC(=O)c1cc(OC)c(OC)c(OC)c1. The molecule has 8 heteroatoms. The molecule has 0 spiro atoms. The Morgan fingerprint density at radius 2 is 1.27 bits per heavy atom. The Kier molecular flexibility index (Phi) is 5.90. The van der Waals surface area contributed by atoms with Gasteiger partial charge in [0.1, 0.15) is 0 Å². The Bertz CT molecular complexity index is 803. The fraction of sp³-hybridized carbons (Fsp3) is 0.222. The predicted molar refractivity (Wildman–Crippen MR) is 91.0 cm³/mol. The molecule has 2 aromatic carbocycles. The van der Waals surface area contributed by atoms with Crippen molar-refractivity contribution in [3.63, 3.8) is 0 Å². The van der Waals surface area contributed by atoms with Crippen LogP contribution in [0.25, 0.3) is 0 Å². The van der Waals surface area contributed by atoms with Gasteiger partial charge in [-0.3, -0.25) is 0 Å². The van der Waals surface area contributed by atoms with E-state index in [9.17, 15) is 9.59 Å². The van der Waals surface area contributed by atoms with Gasteiger partial charge in [-0.05, 0) is 30.3 Å². The van der Waals surface area contributed by atoms with Crippen LogP contribution < -0.4 is 23.7 Å². The van der Waals surface area contributed by atoms with Crippen molar-refractivity contribution in [2.24, 2.45) is 0 Å². The molecular weight excluding hydrogens is 344 g/mol. The van der Waals surface area contributed by atoms with E-state index in [4.69, 9.17) is 28.8 Å². The quantitative estimate of drug-likeness (QED) is 0.593. The van der Waals surface area contributed by atoms with Gasteiger partial charge in [0.2, 0.25) is 5.75 Å². The van der Waals surface area contributed by atoms with Crippen molar-refractivity contribution < 1.29 is 38.4 Å². The van der Waals surface area contributed by atoms with Crippen LogP contribution in [0, 0.1) is 0 Å². The van der Waals surface area contributed by atoms with Crippen molar-refractivity contribution in [1.82, 2.24) is 0 Å². The standard InChI is InChI=1S/C18H18O8/c1-22-13-7-10(17(19)20)5-6-12(13)26-18(21)11-8-14(23-2)16(25-4)15(9-11)24-3/h5-9H,1-4H3,(H,19,20). The summed E-state index contributed by atoms with van der Waals surface area (Å²) >= 11 is 0. The summed E-state index contributed by atoms with van der Waals surface area (Å²) in [6.07, 6.45) is 0. The number of esters is 1. The number of hydrogen-bond donors (Lipinski definition) is 1. The van der Waals surface area contributed by atoms with Crippen LogP contribution in [0.15, 0.2) is 30.3 Å². The number of ether oxygens (including phenoxy) is 5. The van der Waals surface area contributed by atoms with Gasteiger partial charge in [-0.25, -0.2) is 9.59 Å². The van der Waals surface area contributed by atoms with Crippen molar-refractivity contribution in [3.8, 4) is 28.7 Å². The first-order valence-corrected chi connectivity index (χ1v) is 7.38. The molecule has 0 atom stereocenters. The van der Waals surface area contributed by atoms with Crippen molar-refractivity contribution >= 4 is 11.9 Å². The molecule has 0 unspecified atom stereocenters. The van der Waals surface area contributed by atoms with Gasteiger partial charge in [0.05, 0.1) is 39.6 Å². The average molecular weight is 362 g/mol. The molecule has 1 N–H and O–H groups in total. The summed E-state index contributed by atoms with van der Waals surface area (Å²) in [5, 5.41) is 9.02. The zero-order chi connectivity index (χ0) is 19.3. The molecule has 26 heavy (non-hydrogen) atoms. The van der Waals surface area contributed by atoms with Crippen molar-refractivity contribution in [1.29, 1.82) is 0 Å². The van der Waals surface area contributed by atoms with E-state index >= 15 is 0 Å². The third kappa shape index (κ3) is 3.80. The van der Waals surface area contributed by atoms with Gasteiger partial charge < -0.3 is 28.8 Å². The van der Waals surface area contributed by atoms with Crippen molar-refractivity contribution in [2.75, 3.05) is 28.4 Å². The van der Waals surface area contributed by atoms with E-state index < -0.39 is 11.9 Å². The van der Waals surface area contributed by atoms with Crippen LogP contribution in [0.5, 0.6) is 28.7 Å². The number of rotatable bonds is 7. The molecular formula is C18H18O8. The molecule has 0 radical (unpaired) electrons. The third-order valence-electron chi connectivity index (χ3n) is 3.51. The number of methoxy groups -OCH3 is 4. The maximum absolute atomic E-state index is 12.5. The van der Waals surface area contributed by atoms with Crippen LogP contribution in [0.3, 0.4) is 0 Å². The second kappa shape index (κ2) is 8.11. The van der Waals surface area contributed by atoms with E-state index in [0.717, 1.165) is 0 Å². The smallest absolute Gasteiger partial charge is 0.343 e. The van der Waals surface area contributed by atoms with E-state index in [0.29, 0.717) is 17.2 Å². The normalized spacial score (nSPS) is 10.0. The maximum atomic E-state index is 12.5. The number of carbonyl (C=O) groups excluding carboxylic acids is 1. The third-order valence-corrected chi connectivity index (χ3v) is 3.51. The highest BCUT2D eigenvalue weighted by molar-refractivity contribution is 5.93. The molecule has 0 fully saturated rings. The molecule has 0 amide bonds. The number of carboxylic acid groups (broad SMARTS) is 1. The Morgan fingerprint density at radius 3 is 1.73 bits per heavy atom. The number of carbonyl (C=O) groups is 2. The molecule has 0 aliphatic heterocycles. The Morgan fingerprint density at radius 1 is 0.731 bits per heavy atom. The highest BCUT2D eigenvalue weighted by Crippen LogP contribution is 2.38. The molecule has 0 aliphatic carbocycles. The highest BCUT2D eigenvalue weighted by atomic mass is 16.6. The van der Waals surface area contributed by atoms with E-state index in [1.165, 1.54) is 58.8 Å². The lowest BCUT2D eigenvalue weighted by atomic mass is 10.1. The van der Waals surface area contributed by atoms with Gasteiger partial charge in [0.15, 0.2) is 23.0 Å². The lowest BCUT2D eigenvalue weighted by Gasteiger charge is -2.14. The fourth-order valence-corrected chi connectivity index (χ4v) is 2.24. The van der Waals surface area contributed by atoms with Crippen molar-refractivity contribution in [3.05, 3.63) is 41.5 Å². The minimum atomic E-state index is -1.12. The predicted octanol–water partition coefficient (Wildman–Crippen LogP) is 2.64. The van der Waals surface area contributed by atoms with Gasteiger partial charge in [0, 0.05) is 0 Å². The van der Waals surface area contributed by atoms with Gasteiger partial charge in [-0.2, -0.15) is 0 Å². The first kappa shape index (κ1) is 18.9. The molecule has 2 rings (SSSR count). The topological polar surface area (TPSA) is 101 Å². The molecule has 0 heterocycles. The lowest BCUT2D eigenvalue weighted by molar-refractivity contribution is 0.0696. The van der Waals surface area contributed by atoms with Gasteiger partial charge in [-0.1, -0.05) is 0 Å². The summed E-state index contributed by atoms with van der Waals surface area (Å²) in [6, 6.07) is 6.81. The molecule has 0 saturated heterocycles. The minimum Gasteiger partial charge on any atom is -0.493 e. The molecule has 0 aliphatic rings. The molecule has 2 aromatic rings. The Labute approximate surface area is 149 Å². The first-order valence-electron chi connectivity index (χ1n) is 7.38. The van der Waals surface area contributed by atoms with Crippen LogP contribution in [0.1, 0.15) is 20.7 Å². The van der Waals surface area contributed by atoms with Gasteiger partial charge in [0.25, 0.3) is 0 Å². The number of aromatic carboxylic acids is 1. The van der Waals surface area contributed by atoms with Gasteiger partial charge >= 0.3 is 11.9 Å². The zero-order valence-electron chi connectivity index (χ0n) is 14.7. The lowest BCUT2D eigenvalue weighted by Crippen LogP contribution is -2.11. The molecule has 0 aromatic heterocycles. The summed E-state index contributed by atoms with van der Waals surface area (Å²) < 4.78 is 26.0.